The molecule has 134 valence electrons. The molecular formula is C19H29NO4. The van der Waals surface area contributed by atoms with Crippen molar-refractivity contribution >= 4 is 11.9 Å². The first-order valence-corrected chi connectivity index (χ1v) is 8.35. The fourth-order valence-electron chi connectivity index (χ4n) is 2.37. The molecule has 1 rings (SSSR count). The van der Waals surface area contributed by atoms with Crippen LogP contribution in [0.1, 0.15) is 32.8 Å². The minimum Gasteiger partial charge on any atom is -0.497 e. The summed E-state index contributed by atoms with van der Waals surface area (Å²) in [4.78, 5) is 26.1. The van der Waals surface area contributed by atoms with Gasteiger partial charge < -0.3 is 14.4 Å². The van der Waals surface area contributed by atoms with E-state index < -0.39 is 0 Å². The van der Waals surface area contributed by atoms with Gasteiger partial charge in [0.15, 0.2) is 0 Å². The largest absolute Gasteiger partial charge is 0.497 e. The number of hydrogen-bond donors (Lipinski definition) is 0. The average molecular weight is 335 g/mol. The molecule has 0 bridgehead atoms. The van der Waals surface area contributed by atoms with Crippen LogP contribution in [0, 0.1) is 11.8 Å². The Morgan fingerprint density at radius 3 is 2.21 bits per heavy atom. The number of ether oxygens (including phenoxy) is 2. The summed E-state index contributed by atoms with van der Waals surface area (Å²) >= 11 is 0. The molecular weight excluding hydrogens is 306 g/mol. The lowest BCUT2D eigenvalue weighted by atomic mass is 10.1. The van der Waals surface area contributed by atoms with E-state index in [1.54, 1.807) is 18.9 Å². The summed E-state index contributed by atoms with van der Waals surface area (Å²) in [6.45, 7) is 7.06. The van der Waals surface area contributed by atoms with E-state index in [4.69, 9.17) is 9.47 Å². The highest BCUT2D eigenvalue weighted by Gasteiger charge is 2.21. The Morgan fingerprint density at radius 1 is 1.08 bits per heavy atom. The third kappa shape index (κ3) is 6.60. The highest BCUT2D eigenvalue weighted by molar-refractivity contribution is 5.80. The number of methoxy groups -OCH3 is 2. The molecule has 0 N–H and O–H groups in total. The fraction of sp³-hybridized carbons (Fsp3) is 0.579. The lowest BCUT2D eigenvalue weighted by Crippen LogP contribution is -2.39. The lowest BCUT2D eigenvalue weighted by Gasteiger charge is -2.26. The van der Waals surface area contributed by atoms with Gasteiger partial charge in [-0.05, 0) is 30.0 Å². The van der Waals surface area contributed by atoms with Crippen molar-refractivity contribution in [2.45, 2.75) is 33.6 Å². The van der Waals surface area contributed by atoms with Crippen molar-refractivity contribution < 1.29 is 19.1 Å². The smallest absolute Gasteiger partial charge is 0.310 e. The first kappa shape index (κ1) is 20.0. The molecule has 24 heavy (non-hydrogen) atoms. The van der Waals surface area contributed by atoms with Gasteiger partial charge in [-0.1, -0.05) is 32.9 Å². The van der Waals surface area contributed by atoms with Crippen LogP contribution in [0.3, 0.4) is 0 Å². The zero-order valence-corrected chi connectivity index (χ0v) is 15.4. The number of hydrogen-bond acceptors (Lipinski definition) is 4. The lowest BCUT2D eigenvalue weighted by molar-refractivity contribution is -0.146. The number of benzene rings is 1. The monoisotopic (exact) mass is 335 g/mol. The number of carbonyl (C=O) groups is 2. The maximum absolute atomic E-state index is 12.7. The summed E-state index contributed by atoms with van der Waals surface area (Å²) in [6, 6.07) is 7.47. The fourth-order valence-corrected chi connectivity index (χ4v) is 2.37. The summed E-state index contributed by atoms with van der Waals surface area (Å²) < 4.78 is 9.90. The van der Waals surface area contributed by atoms with Crippen LogP contribution in [0.5, 0.6) is 5.75 Å². The Hall–Kier alpha value is -2.04. The molecule has 1 aromatic carbocycles. The third-order valence-corrected chi connectivity index (χ3v) is 3.94. The van der Waals surface area contributed by atoms with Crippen molar-refractivity contribution in [3.8, 4) is 5.75 Å². The first-order valence-electron chi connectivity index (χ1n) is 8.35. The van der Waals surface area contributed by atoms with Crippen LogP contribution in [0.15, 0.2) is 24.3 Å². The van der Waals surface area contributed by atoms with E-state index in [0.29, 0.717) is 25.4 Å². The van der Waals surface area contributed by atoms with Crippen molar-refractivity contribution in [2.75, 3.05) is 27.3 Å². The second-order valence-corrected chi connectivity index (χ2v) is 6.47. The SMILES string of the molecule is COC(=O)C(C)CN(CCC(C)C)C(=O)Cc1ccc(OC)cc1. The summed E-state index contributed by atoms with van der Waals surface area (Å²) in [7, 11) is 2.98. The quantitative estimate of drug-likeness (QED) is 0.651. The normalized spacial score (nSPS) is 11.9. The summed E-state index contributed by atoms with van der Waals surface area (Å²) in [6.07, 6.45) is 1.22. The number of nitrogens with zero attached hydrogens (tertiary/aromatic N) is 1. The second kappa shape index (κ2) is 9.96. The molecule has 1 atom stereocenters. The highest BCUT2D eigenvalue weighted by Crippen LogP contribution is 2.14. The van der Waals surface area contributed by atoms with E-state index in [1.807, 2.05) is 24.3 Å². The molecule has 0 radical (unpaired) electrons. The summed E-state index contributed by atoms with van der Waals surface area (Å²) in [5.41, 5.74) is 0.932. The highest BCUT2D eigenvalue weighted by atomic mass is 16.5. The Bertz CT molecular complexity index is 525. The van der Waals surface area contributed by atoms with E-state index >= 15 is 0 Å². The van der Waals surface area contributed by atoms with E-state index in [1.165, 1.54) is 7.11 Å². The van der Waals surface area contributed by atoms with E-state index in [9.17, 15) is 9.59 Å². The first-order chi connectivity index (χ1) is 11.4. The van der Waals surface area contributed by atoms with Gasteiger partial charge in [0, 0.05) is 13.1 Å². The van der Waals surface area contributed by atoms with E-state index in [2.05, 4.69) is 13.8 Å². The van der Waals surface area contributed by atoms with Gasteiger partial charge in [-0.2, -0.15) is 0 Å². The Labute approximate surface area is 144 Å². The van der Waals surface area contributed by atoms with E-state index in [0.717, 1.165) is 17.7 Å². The molecule has 0 aliphatic rings. The molecule has 1 amide bonds. The van der Waals surface area contributed by atoms with Crippen molar-refractivity contribution in [3.05, 3.63) is 29.8 Å². The molecule has 5 heteroatoms. The minimum absolute atomic E-state index is 0.0246. The van der Waals surface area contributed by atoms with Crippen molar-refractivity contribution in [2.24, 2.45) is 11.8 Å². The number of rotatable bonds is 9. The van der Waals surface area contributed by atoms with Crippen LogP contribution in [0.4, 0.5) is 0 Å². The molecule has 5 nitrogen and oxygen atoms in total. The average Bonchev–Trinajstić information content (AvgIpc) is 2.57. The zero-order valence-electron chi connectivity index (χ0n) is 15.4. The predicted molar refractivity (Wildman–Crippen MR) is 93.9 cm³/mol. The molecule has 1 unspecified atom stereocenters. The third-order valence-electron chi connectivity index (χ3n) is 3.94. The van der Waals surface area contributed by atoms with Gasteiger partial charge in [0.25, 0.3) is 0 Å². The van der Waals surface area contributed by atoms with Crippen molar-refractivity contribution in [1.29, 1.82) is 0 Å². The van der Waals surface area contributed by atoms with Crippen LogP contribution >= 0.6 is 0 Å². The molecule has 0 heterocycles. The maximum atomic E-state index is 12.7. The Balaban J connectivity index is 2.75. The van der Waals surface area contributed by atoms with Gasteiger partial charge in [0.1, 0.15) is 5.75 Å². The predicted octanol–water partition coefficient (Wildman–Crippen LogP) is 2.92. The maximum Gasteiger partial charge on any atom is 0.310 e. The van der Waals surface area contributed by atoms with Gasteiger partial charge in [0.05, 0.1) is 26.6 Å². The molecule has 0 saturated heterocycles. The van der Waals surface area contributed by atoms with Crippen molar-refractivity contribution in [1.82, 2.24) is 4.90 Å². The van der Waals surface area contributed by atoms with Crippen LogP contribution in [0.2, 0.25) is 0 Å². The summed E-state index contributed by atoms with van der Waals surface area (Å²) in [5, 5.41) is 0. The topological polar surface area (TPSA) is 55.8 Å². The van der Waals surface area contributed by atoms with Gasteiger partial charge in [-0.3, -0.25) is 9.59 Å². The Morgan fingerprint density at radius 2 is 1.71 bits per heavy atom. The molecule has 0 fully saturated rings. The van der Waals surface area contributed by atoms with Crippen LogP contribution < -0.4 is 4.74 Å². The standard InChI is InChI=1S/C19H29NO4/c1-14(2)10-11-20(13-15(3)19(22)24-5)18(21)12-16-6-8-17(23-4)9-7-16/h6-9,14-15H,10-13H2,1-5H3. The van der Waals surface area contributed by atoms with Crippen LogP contribution in [-0.4, -0.2) is 44.1 Å². The summed E-state index contributed by atoms with van der Waals surface area (Å²) in [5.74, 6) is 0.664. The molecule has 0 saturated carbocycles. The molecule has 0 aliphatic carbocycles. The second-order valence-electron chi connectivity index (χ2n) is 6.47. The Kier molecular flexibility index (Phi) is 8.30. The number of esters is 1. The van der Waals surface area contributed by atoms with Gasteiger partial charge in [-0.15, -0.1) is 0 Å². The number of carbonyl (C=O) groups excluding carboxylic acids is 2. The molecule has 0 aromatic heterocycles. The van der Waals surface area contributed by atoms with Crippen molar-refractivity contribution in [3.63, 3.8) is 0 Å². The number of amides is 1. The van der Waals surface area contributed by atoms with Crippen LogP contribution in [-0.2, 0) is 20.7 Å². The van der Waals surface area contributed by atoms with Gasteiger partial charge in [-0.25, -0.2) is 0 Å². The minimum atomic E-state index is -0.332. The zero-order chi connectivity index (χ0) is 18.1. The van der Waals surface area contributed by atoms with Crippen LogP contribution in [0.25, 0.3) is 0 Å². The van der Waals surface area contributed by atoms with E-state index in [-0.39, 0.29) is 17.8 Å². The molecule has 0 spiro atoms. The van der Waals surface area contributed by atoms with Gasteiger partial charge in [0.2, 0.25) is 5.91 Å². The molecule has 0 aliphatic heterocycles. The molecule has 1 aromatic rings. The van der Waals surface area contributed by atoms with Gasteiger partial charge >= 0.3 is 5.97 Å².